The molecule has 1 unspecified atom stereocenters. The van der Waals surface area contributed by atoms with Crippen LogP contribution in [0.25, 0.3) is 0 Å². The third kappa shape index (κ3) is 4.25. The maximum atomic E-state index is 9.18. The van der Waals surface area contributed by atoms with Crippen LogP contribution in [0.1, 0.15) is 25.3 Å². The van der Waals surface area contributed by atoms with Crippen molar-refractivity contribution in [3.63, 3.8) is 0 Å². The van der Waals surface area contributed by atoms with Crippen LogP contribution in [0.5, 0.6) is 0 Å². The lowest BCUT2D eigenvalue weighted by atomic mass is 10.1. The third-order valence-corrected chi connectivity index (χ3v) is 3.64. The highest BCUT2D eigenvalue weighted by Crippen LogP contribution is 2.26. The van der Waals surface area contributed by atoms with Crippen LogP contribution in [-0.4, -0.2) is 24.5 Å². The van der Waals surface area contributed by atoms with Crippen LogP contribution in [-0.2, 0) is 0 Å². The van der Waals surface area contributed by atoms with Crippen LogP contribution in [0.2, 0.25) is 0 Å². The molecule has 4 heteroatoms. The van der Waals surface area contributed by atoms with Crippen molar-refractivity contribution in [1.82, 2.24) is 0 Å². The number of hydrogen-bond acceptors (Lipinski definition) is 4. The number of nitrogens with zero attached hydrogens (tertiary/aromatic N) is 1. The molecule has 0 aliphatic carbocycles. The molecule has 2 N–H and O–H groups in total. The Morgan fingerprint density at radius 1 is 1.50 bits per heavy atom. The SMILES string of the molecule is CSc1cccc(NCCCC(C)CO)c1C#N. The number of nitriles is 1. The molecular formula is C14H20N2OS. The van der Waals surface area contributed by atoms with E-state index in [1.165, 1.54) is 0 Å². The van der Waals surface area contributed by atoms with E-state index >= 15 is 0 Å². The number of thioether (sulfide) groups is 1. The van der Waals surface area contributed by atoms with Gasteiger partial charge >= 0.3 is 0 Å². The largest absolute Gasteiger partial charge is 0.396 e. The molecule has 0 amide bonds. The fourth-order valence-electron chi connectivity index (χ4n) is 1.73. The quantitative estimate of drug-likeness (QED) is 0.587. The molecular weight excluding hydrogens is 244 g/mol. The second-order valence-corrected chi connectivity index (χ2v) is 5.20. The Bertz CT molecular complexity index is 415. The Morgan fingerprint density at radius 2 is 2.28 bits per heavy atom. The Morgan fingerprint density at radius 3 is 2.89 bits per heavy atom. The van der Waals surface area contributed by atoms with Gasteiger partial charge in [0.25, 0.3) is 0 Å². The van der Waals surface area contributed by atoms with Gasteiger partial charge in [0.05, 0.1) is 11.3 Å². The average molecular weight is 264 g/mol. The lowest BCUT2D eigenvalue weighted by molar-refractivity contribution is 0.229. The minimum Gasteiger partial charge on any atom is -0.396 e. The minimum absolute atomic E-state index is 0.241. The standard InChI is InChI=1S/C14H20N2OS/c1-11(10-17)5-4-8-16-13-6-3-7-14(18-2)12(13)9-15/h3,6-7,11,16-17H,4-5,8,10H2,1-2H3. The van der Waals surface area contributed by atoms with Gasteiger partial charge in [-0.2, -0.15) is 5.26 Å². The van der Waals surface area contributed by atoms with Gasteiger partial charge in [0.15, 0.2) is 0 Å². The summed E-state index contributed by atoms with van der Waals surface area (Å²) in [4.78, 5) is 1.01. The summed E-state index contributed by atoms with van der Waals surface area (Å²) in [5.74, 6) is 0.347. The molecule has 0 bridgehead atoms. The summed E-state index contributed by atoms with van der Waals surface area (Å²) in [5, 5.41) is 21.4. The van der Waals surface area contributed by atoms with Gasteiger partial charge in [-0.25, -0.2) is 0 Å². The average Bonchev–Trinajstić information content (AvgIpc) is 2.42. The van der Waals surface area contributed by atoms with E-state index in [2.05, 4.69) is 11.4 Å². The van der Waals surface area contributed by atoms with Crippen molar-refractivity contribution in [2.45, 2.75) is 24.7 Å². The molecule has 0 radical (unpaired) electrons. The predicted molar refractivity (Wildman–Crippen MR) is 76.9 cm³/mol. The number of aliphatic hydroxyl groups is 1. The van der Waals surface area contributed by atoms with Crippen LogP contribution in [0.15, 0.2) is 23.1 Å². The zero-order chi connectivity index (χ0) is 13.4. The van der Waals surface area contributed by atoms with E-state index in [-0.39, 0.29) is 6.61 Å². The number of aliphatic hydroxyl groups excluding tert-OH is 1. The summed E-state index contributed by atoms with van der Waals surface area (Å²) >= 11 is 1.59. The number of anilines is 1. The van der Waals surface area contributed by atoms with Crippen LogP contribution in [0, 0.1) is 17.2 Å². The molecule has 1 atom stereocenters. The topological polar surface area (TPSA) is 56.0 Å². The molecule has 1 aromatic rings. The van der Waals surface area contributed by atoms with Crippen molar-refractivity contribution >= 4 is 17.4 Å². The smallest absolute Gasteiger partial charge is 0.102 e. The summed E-state index contributed by atoms with van der Waals surface area (Å²) in [7, 11) is 0. The van der Waals surface area contributed by atoms with Crippen molar-refractivity contribution in [1.29, 1.82) is 5.26 Å². The fourth-order valence-corrected chi connectivity index (χ4v) is 2.30. The molecule has 0 heterocycles. The fraction of sp³-hybridized carbons (Fsp3) is 0.500. The van der Waals surface area contributed by atoms with E-state index in [0.717, 1.165) is 35.5 Å². The van der Waals surface area contributed by atoms with Gasteiger partial charge in [-0.1, -0.05) is 13.0 Å². The predicted octanol–water partition coefficient (Wildman–Crippen LogP) is 3.10. The Hall–Kier alpha value is -1.18. The second kappa shape index (κ2) is 8.02. The molecule has 0 saturated carbocycles. The summed E-state index contributed by atoms with van der Waals surface area (Å²) < 4.78 is 0. The molecule has 0 spiro atoms. The molecule has 1 rings (SSSR count). The number of benzene rings is 1. The van der Waals surface area contributed by atoms with Crippen molar-refractivity contribution < 1.29 is 5.11 Å². The highest BCUT2D eigenvalue weighted by atomic mass is 32.2. The van der Waals surface area contributed by atoms with Gasteiger partial charge < -0.3 is 10.4 Å². The minimum atomic E-state index is 0.241. The van der Waals surface area contributed by atoms with Crippen molar-refractivity contribution in [2.75, 3.05) is 24.7 Å². The van der Waals surface area contributed by atoms with E-state index in [0.29, 0.717) is 5.92 Å². The summed E-state index contributed by atoms with van der Waals surface area (Å²) in [6.07, 6.45) is 3.96. The summed E-state index contributed by atoms with van der Waals surface area (Å²) in [6.45, 7) is 3.11. The lowest BCUT2D eigenvalue weighted by Crippen LogP contribution is -2.07. The first-order chi connectivity index (χ1) is 8.72. The van der Waals surface area contributed by atoms with Crippen LogP contribution >= 0.6 is 11.8 Å². The molecule has 1 aromatic carbocycles. The van der Waals surface area contributed by atoms with Gasteiger partial charge in [0.1, 0.15) is 6.07 Å². The maximum Gasteiger partial charge on any atom is 0.102 e. The number of hydrogen-bond donors (Lipinski definition) is 2. The first-order valence-corrected chi connectivity index (χ1v) is 7.37. The van der Waals surface area contributed by atoms with Crippen molar-refractivity contribution in [3.05, 3.63) is 23.8 Å². The Kier molecular flexibility index (Phi) is 6.63. The van der Waals surface area contributed by atoms with Gasteiger partial charge in [-0.3, -0.25) is 0 Å². The molecule has 0 aliphatic heterocycles. The van der Waals surface area contributed by atoms with Crippen molar-refractivity contribution in [2.24, 2.45) is 5.92 Å². The highest BCUT2D eigenvalue weighted by Gasteiger charge is 2.06. The monoisotopic (exact) mass is 264 g/mol. The summed E-state index contributed by atoms with van der Waals surface area (Å²) in [6, 6.07) is 8.12. The maximum absolute atomic E-state index is 9.18. The van der Waals surface area contributed by atoms with E-state index in [1.54, 1.807) is 11.8 Å². The second-order valence-electron chi connectivity index (χ2n) is 4.35. The molecule has 0 fully saturated rings. The zero-order valence-corrected chi connectivity index (χ0v) is 11.8. The number of nitrogens with one attached hydrogen (secondary N) is 1. The molecule has 0 aromatic heterocycles. The van der Waals surface area contributed by atoms with Gasteiger partial charge in [0, 0.05) is 18.0 Å². The lowest BCUT2D eigenvalue weighted by Gasteiger charge is -2.11. The molecule has 0 saturated heterocycles. The summed E-state index contributed by atoms with van der Waals surface area (Å²) in [5.41, 5.74) is 1.63. The van der Waals surface area contributed by atoms with Crippen LogP contribution < -0.4 is 5.32 Å². The molecule has 0 aliphatic rings. The normalized spacial score (nSPS) is 11.9. The molecule has 3 nitrogen and oxygen atoms in total. The van der Waals surface area contributed by atoms with E-state index < -0.39 is 0 Å². The molecule has 98 valence electrons. The molecule has 18 heavy (non-hydrogen) atoms. The zero-order valence-electron chi connectivity index (χ0n) is 10.9. The Balaban J connectivity index is 2.55. The van der Waals surface area contributed by atoms with E-state index in [1.807, 2.05) is 31.4 Å². The highest BCUT2D eigenvalue weighted by molar-refractivity contribution is 7.98. The van der Waals surface area contributed by atoms with E-state index in [9.17, 15) is 5.26 Å². The van der Waals surface area contributed by atoms with Gasteiger partial charge in [0.2, 0.25) is 0 Å². The van der Waals surface area contributed by atoms with Crippen molar-refractivity contribution in [3.8, 4) is 6.07 Å². The third-order valence-electron chi connectivity index (χ3n) is 2.86. The van der Waals surface area contributed by atoms with Gasteiger partial charge in [-0.15, -0.1) is 11.8 Å². The van der Waals surface area contributed by atoms with E-state index in [4.69, 9.17) is 5.11 Å². The number of rotatable bonds is 7. The van der Waals surface area contributed by atoms with Crippen LogP contribution in [0.3, 0.4) is 0 Å². The Labute approximate surface area is 113 Å². The van der Waals surface area contributed by atoms with Crippen LogP contribution in [0.4, 0.5) is 5.69 Å². The first-order valence-electron chi connectivity index (χ1n) is 6.14. The first kappa shape index (κ1) is 14.9. The van der Waals surface area contributed by atoms with Gasteiger partial charge in [-0.05, 0) is 37.1 Å².